The van der Waals surface area contributed by atoms with Crippen molar-refractivity contribution >= 4 is 15.9 Å². The van der Waals surface area contributed by atoms with Crippen molar-refractivity contribution in [1.29, 1.82) is 0 Å². The zero-order valence-electron chi connectivity index (χ0n) is 11.5. The van der Waals surface area contributed by atoms with E-state index in [2.05, 4.69) is 32.7 Å². The number of nitrogens with one attached hydrogen (secondary N) is 1. The third-order valence-corrected chi connectivity index (χ3v) is 4.99. The van der Waals surface area contributed by atoms with E-state index in [9.17, 15) is 5.11 Å². The SMILES string of the molecule is C=C[C@@H](c1c(O)cc(C)c(Br)c1C)N1CCNCC1. The van der Waals surface area contributed by atoms with Gasteiger partial charge in [0.25, 0.3) is 0 Å². The summed E-state index contributed by atoms with van der Waals surface area (Å²) in [6, 6.07) is 1.89. The third-order valence-electron chi connectivity index (χ3n) is 3.77. The Labute approximate surface area is 123 Å². The second kappa shape index (κ2) is 6.07. The quantitative estimate of drug-likeness (QED) is 0.839. The van der Waals surface area contributed by atoms with Crippen molar-refractivity contribution < 1.29 is 5.11 Å². The van der Waals surface area contributed by atoms with E-state index in [1.54, 1.807) is 0 Å². The van der Waals surface area contributed by atoms with Gasteiger partial charge in [-0.05, 0) is 31.0 Å². The maximum Gasteiger partial charge on any atom is 0.121 e. The first-order chi connectivity index (χ1) is 9.06. The van der Waals surface area contributed by atoms with Crippen molar-refractivity contribution in [3.63, 3.8) is 0 Å². The van der Waals surface area contributed by atoms with Gasteiger partial charge in [0, 0.05) is 36.2 Å². The standard InChI is InChI=1S/C15H21BrN2O/c1-4-12(18-7-5-17-6-8-18)14-11(3)15(16)10(2)9-13(14)19/h4,9,12,17,19H,1,5-8H2,2-3H3/t12-/m0/s1. The molecule has 1 fully saturated rings. The van der Waals surface area contributed by atoms with Gasteiger partial charge in [0.15, 0.2) is 0 Å². The Balaban J connectivity index is 2.43. The van der Waals surface area contributed by atoms with Gasteiger partial charge >= 0.3 is 0 Å². The zero-order chi connectivity index (χ0) is 14.0. The number of hydrogen-bond acceptors (Lipinski definition) is 3. The van der Waals surface area contributed by atoms with Crippen molar-refractivity contribution in [3.05, 3.63) is 39.9 Å². The van der Waals surface area contributed by atoms with Crippen LogP contribution in [0, 0.1) is 13.8 Å². The van der Waals surface area contributed by atoms with Crippen LogP contribution in [0.2, 0.25) is 0 Å². The van der Waals surface area contributed by atoms with Crippen LogP contribution >= 0.6 is 15.9 Å². The minimum Gasteiger partial charge on any atom is -0.508 e. The van der Waals surface area contributed by atoms with E-state index in [1.807, 2.05) is 26.0 Å². The molecule has 1 aromatic carbocycles. The van der Waals surface area contributed by atoms with Crippen LogP contribution in [0.1, 0.15) is 22.7 Å². The molecule has 104 valence electrons. The van der Waals surface area contributed by atoms with Crippen LogP contribution < -0.4 is 5.32 Å². The summed E-state index contributed by atoms with van der Waals surface area (Å²) in [4.78, 5) is 2.35. The monoisotopic (exact) mass is 324 g/mol. The summed E-state index contributed by atoms with van der Waals surface area (Å²) in [7, 11) is 0. The predicted molar refractivity (Wildman–Crippen MR) is 82.7 cm³/mol. The van der Waals surface area contributed by atoms with Gasteiger partial charge in [-0.15, -0.1) is 6.58 Å². The van der Waals surface area contributed by atoms with Crippen molar-refractivity contribution in [3.8, 4) is 5.75 Å². The minimum atomic E-state index is 0.0685. The number of aromatic hydroxyl groups is 1. The molecular formula is C15H21BrN2O. The van der Waals surface area contributed by atoms with Crippen LogP contribution in [-0.2, 0) is 0 Å². The number of phenolic OH excluding ortho intramolecular Hbond substituents is 1. The molecule has 1 aliphatic heterocycles. The first kappa shape index (κ1) is 14.6. The molecule has 0 radical (unpaired) electrons. The Morgan fingerprint density at radius 1 is 1.42 bits per heavy atom. The molecule has 0 amide bonds. The highest BCUT2D eigenvalue weighted by molar-refractivity contribution is 9.10. The maximum absolute atomic E-state index is 10.3. The van der Waals surface area contributed by atoms with Crippen LogP contribution in [0.4, 0.5) is 0 Å². The molecule has 2 N–H and O–H groups in total. The van der Waals surface area contributed by atoms with E-state index in [-0.39, 0.29) is 6.04 Å². The molecule has 3 nitrogen and oxygen atoms in total. The summed E-state index contributed by atoms with van der Waals surface area (Å²) in [5, 5.41) is 13.7. The van der Waals surface area contributed by atoms with Crippen molar-refractivity contribution in [2.45, 2.75) is 19.9 Å². The summed E-state index contributed by atoms with van der Waals surface area (Å²) in [5.74, 6) is 0.363. The fraction of sp³-hybridized carbons (Fsp3) is 0.467. The normalized spacial score (nSPS) is 18.3. The number of rotatable bonds is 3. The molecule has 1 saturated heterocycles. The van der Waals surface area contributed by atoms with E-state index in [0.29, 0.717) is 5.75 Å². The van der Waals surface area contributed by atoms with Gasteiger partial charge in [-0.1, -0.05) is 22.0 Å². The molecule has 0 spiro atoms. The lowest BCUT2D eigenvalue weighted by molar-refractivity contribution is 0.200. The lowest BCUT2D eigenvalue weighted by atomic mass is 9.96. The largest absolute Gasteiger partial charge is 0.508 e. The molecule has 4 heteroatoms. The lowest BCUT2D eigenvalue weighted by Crippen LogP contribution is -2.44. The summed E-state index contributed by atoms with van der Waals surface area (Å²) >= 11 is 3.61. The molecule has 0 aliphatic carbocycles. The van der Waals surface area contributed by atoms with Crippen molar-refractivity contribution in [1.82, 2.24) is 10.2 Å². The Hall–Kier alpha value is -0.840. The van der Waals surface area contributed by atoms with E-state index in [1.165, 1.54) is 0 Å². The number of phenols is 1. The van der Waals surface area contributed by atoms with Gasteiger partial charge in [0.2, 0.25) is 0 Å². The predicted octanol–water partition coefficient (Wildman–Crippen LogP) is 2.90. The summed E-state index contributed by atoms with van der Waals surface area (Å²) in [6.07, 6.45) is 1.93. The average molecular weight is 325 g/mol. The van der Waals surface area contributed by atoms with Crippen LogP contribution in [0.5, 0.6) is 5.75 Å². The van der Waals surface area contributed by atoms with E-state index in [4.69, 9.17) is 0 Å². The second-order valence-electron chi connectivity index (χ2n) is 5.03. The molecule has 0 aromatic heterocycles. The lowest BCUT2D eigenvalue weighted by Gasteiger charge is -2.34. The molecular weight excluding hydrogens is 304 g/mol. The highest BCUT2D eigenvalue weighted by Gasteiger charge is 2.24. The Kier molecular flexibility index (Phi) is 4.66. The van der Waals surface area contributed by atoms with Crippen LogP contribution in [-0.4, -0.2) is 36.2 Å². The van der Waals surface area contributed by atoms with Crippen LogP contribution in [0.3, 0.4) is 0 Å². The van der Waals surface area contributed by atoms with Gasteiger partial charge < -0.3 is 10.4 Å². The van der Waals surface area contributed by atoms with Gasteiger partial charge in [0.1, 0.15) is 5.75 Å². The van der Waals surface area contributed by atoms with Crippen molar-refractivity contribution in [2.75, 3.05) is 26.2 Å². The number of benzene rings is 1. The smallest absolute Gasteiger partial charge is 0.121 e. The maximum atomic E-state index is 10.3. The molecule has 19 heavy (non-hydrogen) atoms. The Bertz CT molecular complexity index is 482. The van der Waals surface area contributed by atoms with Gasteiger partial charge in [0.05, 0.1) is 6.04 Å². The Morgan fingerprint density at radius 3 is 2.63 bits per heavy atom. The zero-order valence-corrected chi connectivity index (χ0v) is 13.1. The molecule has 2 rings (SSSR count). The average Bonchev–Trinajstić information content (AvgIpc) is 2.42. The van der Waals surface area contributed by atoms with Crippen molar-refractivity contribution in [2.24, 2.45) is 0 Å². The highest BCUT2D eigenvalue weighted by Crippen LogP contribution is 2.38. The fourth-order valence-electron chi connectivity index (χ4n) is 2.74. The van der Waals surface area contributed by atoms with Gasteiger partial charge in [-0.2, -0.15) is 0 Å². The topological polar surface area (TPSA) is 35.5 Å². The molecule has 1 atom stereocenters. The van der Waals surface area contributed by atoms with E-state index in [0.717, 1.165) is 47.3 Å². The van der Waals surface area contributed by atoms with E-state index < -0.39 is 0 Å². The minimum absolute atomic E-state index is 0.0685. The Morgan fingerprint density at radius 2 is 2.05 bits per heavy atom. The molecule has 1 heterocycles. The molecule has 1 aromatic rings. The molecule has 0 saturated carbocycles. The summed E-state index contributed by atoms with van der Waals surface area (Å²) in [6.45, 7) is 11.9. The van der Waals surface area contributed by atoms with Crippen LogP contribution in [0.25, 0.3) is 0 Å². The number of halogens is 1. The van der Waals surface area contributed by atoms with Crippen LogP contribution in [0.15, 0.2) is 23.2 Å². The number of aryl methyl sites for hydroxylation is 1. The number of nitrogens with zero attached hydrogens (tertiary/aromatic N) is 1. The summed E-state index contributed by atoms with van der Waals surface area (Å²) in [5.41, 5.74) is 3.12. The molecule has 0 unspecified atom stereocenters. The van der Waals surface area contributed by atoms with Gasteiger partial charge in [-0.25, -0.2) is 0 Å². The first-order valence-electron chi connectivity index (χ1n) is 6.62. The third kappa shape index (κ3) is 2.86. The highest BCUT2D eigenvalue weighted by atomic mass is 79.9. The number of piperazine rings is 1. The first-order valence-corrected chi connectivity index (χ1v) is 7.41. The molecule has 1 aliphatic rings. The second-order valence-corrected chi connectivity index (χ2v) is 5.82. The molecule has 0 bridgehead atoms. The summed E-state index contributed by atoms with van der Waals surface area (Å²) < 4.78 is 1.07. The van der Waals surface area contributed by atoms with Gasteiger partial charge in [-0.3, -0.25) is 4.90 Å². The van der Waals surface area contributed by atoms with E-state index >= 15 is 0 Å². The number of hydrogen-bond donors (Lipinski definition) is 2. The fourth-order valence-corrected chi connectivity index (χ4v) is 3.06.